The number of amidine groups is 1. The molecule has 0 saturated carbocycles. The number of carbonyl (C=O) groups excluding carboxylic acids is 2. The van der Waals surface area contributed by atoms with Crippen LogP contribution >= 0.6 is 46.1 Å². The Hall–Kier alpha value is -2.92. The molecule has 2 amide bonds. The van der Waals surface area contributed by atoms with Crippen LogP contribution in [0.1, 0.15) is 25.6 Å². The number of pyridine rings is 1. The van der Waals surface area contributed by atoms with Crippen LogP contribution in [0.5, 0.6) is 5.75 Å². The smallest absolute Gasteiger partial charge is 0.267 e. The van der Waals surface area contributed by atoms with Crippen molar-refractivity contribution in [3.05, 3.63) is 66.9 Å². The van der Waals surface area contributed by atoms with Gasteiger partial charge in [0.05, 0.1) is 35.0 Å². The highest BCUT2D eigenvalue weighted by atomic mass is 35.5. The first-order valence-electron chi connectivity index (χ1n) is 10.5. The summed E-state index contributed by atoms with van der Waals surface area (Å²) in [4.78, 5) is 36.4. The van der Waals surface area contributed by atoms with Crippen LogP contribution in [0.15, 0.2) is 40.8 Å². The fourth-order valence-electron chi connectivity index (χ4n) is 3.53. The fourth-order valence-corrected chi connectivity index (χ4v) is 5.09. The molecule has 0 atom stereocenters. The summed E-state index contributed by atoms with van der Waals surface area (Å²) in [6.45, 7) is 0.760. The molecule has 0 saturated heterocycles. The van der Waals surface area contributed by atoms with E-state index in [9.17, 15) is 14.0 Å². The van der Waals surface area contributed by atoms with Gasteiger partial charge in [-0.15, -0.1) is 11.3 Å². The van der Waals surface area contributed by atoms with E-state index < -0.39 is 18.5 Å². The lowest BCUT2D eigenvalue weighted by molar-refractivity contribution is 0.102. The summed E-state index contributed by atoms with van der Waals surface area (Å²) in [6, 6.07) is 5.98. The second-order valence-corrected chi connectivity index (χ2v) is 9.69. The molecule has 0 fully saturated rings. The van der Waals surface area contributed by atoms with Crippen molar-refractivity contribution in [1.82, 2.24) is 9.88 Å². The molecule has 36 heavy (non-hydrogen) atoms. The lowest BCUT2D eigenvalue weighted by atomic mass is 10.1. The van der Waals surface area contributed by atoms with E-state index in [1.54, 1.807) is 16.3 Å². The molecule has 0 bridgehead atoms. The maximum atomic E-state index is 13.2. The van der Waals surface area contributed by atoms with Crippen molar-refractivity contribution in [3.8, 4) is 5.75 Å². The van der Waals surface area contributed by atoms with Crippen LogP contribution < -0.4 is 15.4 Å². The number of aliphatic imine (C=N–C) groups is 1. The zero-order valence-corrected chi connectivity index (χ0v) is 21.9. The van der Waals surface area contributed by atoms with Crippen molar-refractivity contribution < 1.29 is 18.7 Å². The second-order valence-electron chi connectivity index (χ2n) is 7.56. The summed E-state index contributed by atoms with van der Waals surface area (Å²) < 4.78 is 18.5. The summed E-state index contributed by atoms with van der Waals surface area (Å²) in [7, 11) is 1.39. The molecule has 4 rings (SSSR count). The van der Waals surface area contributed by atoms with Crippen LogP contribution in [0.3, 0.4) is 0 Å². The molecule has 188 valence electrons. The van der Waals surface area contributed by atoms with Gasteiger partial charge in [0.2, 0.25) is 0 Å². The first kappa shape index (κ1) is 26.2. The molecular formula is C23H19Cl3FN5O3S. The molecular weight excluding hydrogens is 552 g/mol. The Kier molecular flexibility index (Phi) is 8.30. The molecule has 0 unspecified atom stereocenters. The van der Waals surface area contributed by atoms with Gasteiger partial charge in [-0.05, 0) is 23.6 Å². The number of nitrogens with one attached hydrogen (secondary N) is 2. The largest absolute Gasteiger partial charge is 0.494 e. The van der Waals surface area contributed by atoms with Gasteiger partial charge in [0, 0.05) is 35.9 Å². The quantitative estimate of drug-likeness (QED) is 0.357. The molecule has 8 nitrogen and oxygen atoms in total. The molecule has 0 radical (unpaired) electrons. The topological polar surface area (TPSA) is 95.9 Å². The van der Waals surface area contributed by atoms with E-state index in [4.69, 9.17) is 39.5 Å². The fraction of sp³-hybridized carbons (Fsp3) is 0.217. The zero-order chi connectivity index (χ0) is 25.8. The molecule has 2 aromatic heterocycles. The van der Waals surface area contributed by atoms with Crippen molar-refractivity contribution >= 4 is 75.3 Å². The second kappa shape index (κ2) is 11.4. The molecule has 1 aliphatic rings. The molecule has 3 aromatic rings. The third-order valence-corrected chi connectivity index (χ3v) is 7.27. The van der Waals surface area contributed by atoms with Crippen LogP contribution in [0.4, 0.5) is 15.9 Å². The molecule has 1 aromatic carbocycles. The zero-order valence-electron chi connectivity index (χ0n) is 18.8. The van der Waals surface area contributed by atoms with Gasteiger partial charge in [0.25, 0.3) is 11.8 Å². The van der Waals surface area contributed by atoms with Crippen LogP contribution in [0.25, 0.3) is 0 Å². The van der Waals surface area contributed by atoms with Crippen molar-refractivity contribution in [1.29, 1.82) is 0 Å². The Morgan fingerprint density at radius 1 is 1.17 bits per heavy atom. The number of nitrogens with zero attached hydrogens (tertiary/aromatic N) is 3. The Morgan fingerprint density at radius 3 is 2.67 bits per heavy atom. The monoisotopic (exact) mass is 569 g/mol. The highest BCUT2D eigenvalue weighted by Crippen LogP contribution is 2.35. The number of amides is 2. The van der Waals surface area contributed by atoms with E-state index in [2.05, 4.69) is 20.6 Å². The predicted octanol–water partition coefficient (Wildman–Crippen LogP) is 5.80. The first-order chi connectivity index (χ1) is 17.3. The number of halogens is 4. The maximum absolute atomic E-state index is 13.2. The van der Waals surface area contributed by atoms with Gasteiger partial charge in [-0.2, -0.15) is 0 Å². The van der Waals surface area contributed by atoms with Crippen molar-refractivity contribution in [2.75, 3.05) is 37.5 Å². The number of hydrogen-bond acceptors (Lipinski definition) is 7. The number of thiophene rings is 1. The van der Waals surface area contributed by atoms with Crippen LogP contribution in [-0.2, 0) is 6.54 Å². The number of carbonyl (C=O) groups is 2. The SMILES string of the molecule is COc1cc(Cl)cc(C(=O)Nc2ccc(Cl)cn2)c1NC(=O)c1scc(CN2CCN=C2CF)c1Cl. The summed E-state index contributed by atoms with van der Waals surface area (Å²) in [5, 5.41) is 7.98. The number of rotatable bonds is 8. The van der Waals surface area contributed by atoms with Gasteiger partial charge >= 0.3 is 0 Å². The lowest BCUT2D eigenvalue weighted by Gasteiger charge is -2.18. The normalized spacial score (nSPS) is 12.9. The Balaban J connectivity index is 1.59. The van der Waals surface area contributed by atoms with E-state index in [1.165, 1.54) is 31.5 Å². The standard InChI is InChI=1S/C23H19Cl3FN5O3S/c1-35-16-7-14(25)6-15(22(33)30-17-3-2-13(24)9-29-17)20(16)31-23(34)21-19(26)12(11-36-21)10-32-5-4-28-18(32)8-27/h2-3,6-7,9,11H,4-5,8,10H2,1H3,(H,31,34)(H,29,30,33). The Bertz CT molecular complexity index is 1330. The number of ether oxygens (including phenoxy) is 1. The minimum absolute atomic E-state index is 0.0539. The van der Waals surface area contributed by atoms with Crippen molar-refractivity contribution in [2.45, 2.75) is 6.54 Å². The third kappa shape index (κ3) is 5.73. The lowest BCUT2D eigenvalue weighted by Crippen LogP contribution is -2.28. The number of alkyl halides is 1. The highest BCUT2D eigenvalue weighted by Gasteiger charge is 2.25. The van der Waals surface area contributed by atoms with Gasteiger partial charge in [-0.1, -0.05) is 34.8 Å². The summed E-state index contributed by atoms with van der Waals surface area (Å²) in [5.74, 6) is -0.328. The minimum Gasteiger partial charge on any atom is -0.494 e. The third-order valence-electron chi connectivity index (χ3n) is 5.26. The van der Waals surface area contributed by atoms with E-state index >= 15 is 0 Å². The van der Waals surface area contributed by atoms with Gasteiger partial charge in [0.15, 0.2) is 0 Å². The highest BCUT2D eigenvalue weighted by molar-refractivity contribution is 7.13. The van der Waals surface area contributed by atoms with E-state index in [-0.39, 0.29) is 37.7 Å². The first-order valence-corrected chi connectivity index (χ1v) is 12.5. The molecule has 0 spiro atoms. The number of anilines is 2. The minimum atomic E-state index is -0.665. The van der Waals surface area contributed by atoms with Crippen LogP contribution in [0, 0.1) is 0 Å². The van der Waals surface area contributed by atoms with Gasteiger partial charge in [-0.25, -0.2) is 9.37 Å². The summed E-state index contributed by atoms with van der Waals surface area (Å²) >= 11 is 19.7. The Labute approximate surface area is 225 Å². The average molecular weight is 571 g/mol. The molecule has 1 aliphatic heterocycles. The van der Waals surface area contributed by atoms with Crippen molar-refractivity contribution in [3.63, 3.8) is 0 Å². The molecule has 0 aliphatic carbocycles. The number of hydrogen-bond donors (Lipinski definition) is 2. The maximum Gasteiger partial charge on any atom is 0.267 e. The van der Waals surface area contributed by atoms with E-state index in [0.717, 1.165) is 11.3 Å². The molecule has 2 N–H and O–H groups in total. The van der Waals surface area contributed by atoms with Crippen molar-refractivity contribution in [2.24, 2.45) is 4.99 Å². The van der Waals surface area contributed by atoms with Gasteiger partial charge in [0.1, 0.15) is 29.0 Å². The van der Waals surface area contributed by atoms with Gasteiger partial charge in [-0.3, -0.25) is 14.6 Å². The number of methoxy groups -OCH3 is 1. The van der Waals surface area contributed by atoms with Crippen LogP contribution in [0.2, 0.25) is 15.1 Å². The Morgan fingerprint density at radius 2 is 1.97 bits per heavy atom. The summed E-state index contributed by atoms with van der Waals surface area (Å²) in [5.41, 5.74) is 0.832. The number of aromatic nitrogens is 1. The number of benzene rings is 1. The molecule has 3 heterocycles. The molecule has 13 heteroatoms. The summed E-state index contributed by atoms with van der Waals surface area (Å²) in [6.07, 6.45) is 1.39. The van der Waals surface area contributed by atoms with Crippen LogP contribution in [-0.4, -0.2) is 54.4 Å². The van der Waals surface area contributed by atoms with E-state index in [1.807, 2.05) is 0 Å². The average Bonchev–Trinajstić information content (AvgIpc) is 3.47. The van der Waals surface area contributed by atoms with Gasteiger partial charge < -0.3 is 20.3 Å². The predicted molar refractivity (Wildman–Crippen MR) is 141 cm³/mol. The van der Waals surface area contributed by atoms with E-state index in [0.29, 0.717) is 36.1 Å².